The molecule has 0 aliphatic rings. The number of halogens is 3. The second-order valence-electron chi connectivity index (χ2n) is 4.96. The molecule has 0 spiro atoms. The lowest BCUT2D eigenvalue weighted by Gasteiger charge is -2.14. The lowest BCUT2D eigenvalue weighted by molar-refractivity contribution is -0.137. The zero-order chi connectivity index (χ0) is 15.3. The third kappa shape index (κ3) is 5.00. The van der Waals surface area contributed by atoms with E-state index in [2.05, 4.69) is 13.8 Å². The van der Waals surface area contributed by atoms with Crippen LogP contribution in [0.2, 0.25) is 0 Å². The monoisotopic (exact) mass is 305 g/mol. The molecule has 0 aliphatic carbocycles. The summed E-state index contributed by atoms with van der Waals surface area (Å²) in [7, 11) is 0. The summed E-state index contributed by atoms with van der Waals surface area (Å²) in [6.45, 7) is 4.62. The van der Waals surface area contributed by atoms with E-state index >= 15 is 0 Å². The Bertz CT molecular complexity index is 472. The quantitative estimate of drug-likeness (QED) is 0.633. The molecule has 112 valence electrons. The van der Waals surface area contributed by atoms with Gasteiger partial charge in [-0.15, -0.1) is 0 Å². The average Bonchev–Trinajstić information content (AvgIpc) is 2.33. The number of rotatable bonds is 6. The standard InChI is InChI=1S/C14H18F3NOS/c1-9(2)4-3-7-19-12-6-5-10(14(15,16)17)8-11(12)13(18)20/h5-6,8-9H,3-4,7H2,1-2H3,(H2,18,20). The average molecular weight is 305 g/mol. The number of thiocarbonyl (C=S) groups is 1. The summed E-state index contributed by atoms with van der Waals surface area (Å²) in [5.74, 6) is 0.857. The maximum absolute atomic E-state index is 12.6. The fraction of sp³-hybridized carbons (Fsp3) is 0.500. The summed E-state index contributed by atoms with van der Waals surface area (Å²) < 4.78 is 43.4. The highest BCUT2D eigenvalue weighted by atomic mass is 32.1. The molecule has 1 aromatic carbocycles. The molecule has 0 aromatic heterocycles. The Hall–Kier alpha value is -1.30. The van der Waals surface area contributed by atoms with Gasteiger partial charge in [-0.3, -0.25) is 0 Å². The van der Waals surface area contributed by atoms with Gasteiger partial charge in [-0.2, -0.15) is 13.2 Å². The van der Waals surface area contributed by atoms with Crippen LogP contribution in [0.15, 0.2) is 18.2 Å². The molecule has 2 nitrogen and oxygen atoms in total. The van der Waals surface area contributed by atoms with Crippen LogP contribution in [0.25, 0.3) is 0 Å². The molecule has 0 unspecified atom stereocenters. The van der Waals surface area contributed by atoms with Crippen molar-refractivity contribution in [3.63, 3.8) is 0 Å². The largest absolute Gasteiger partial charge is 0.493 e. The van der Waals surface area contributed by atoms with E-state index in [-0.39, 0.29) is 10.6 Å². The van der Waals surface area contributed by atoms with E-state index in [9.17, 15) is 13.2 Å². The van der Waals surface area contributed by atoms with Crippen LogP contribution >= 0.6 is 12.2 Å². The Morgan fingerprint density at radius 2 is 2.00 bits per heavy atom. The molecule has 0 radical (unpaired) electrons. The highest BCUT2D eigenvalue weighted by Gasteiger charge is 2.31. The third-order valence-corrected chi connectivity index (χ3v) is 2.98. The fourth-order valence-corrected chi connectivity index (χ4v) is 1.86. The molecule has 0 fully saturated rings. The highest BCUT2D eigenvalue weighted by molar-refractivity contribution is 7.80. The Morgan fingerprint density at radius 1 is 1.35 bits per heavy atom. The first-order valence-electron chi connectivity index (χ1n) is 6.35. The van der Waals surface area contributed by atoms with Crippen LogP contribution in [0, 0.1) is 5.92 Å². The van der Waals surface area contributed by atoms with Gasteiger partial charge in [0.1, 0.15) is 10.7 Å². The highest BCUT2D eigenvalue weighted by Crippen LogP contribution is 2.32. The molecule has 20 heavy (non-hydrogen) atoms. The van der Waals surface area contributed by atoms with Crippen molar-refractivity contribution < 1.29 is 17.9 Å². The summed E-state index contributed by atoms with van der Waals surface area (Å²) in [6, 6.07) is 3.17. The van der Waals surface area contributed by atoms with E-state index in [1.165, 1.54) is 6.07 Å². The first-order valence-corrected chi connectivity index (χ1v) is 6.76. The molecule has 0 saturated carbocycles. The van der Waals surface area contributed by atoms with Crippen LogP contribution in [0.4, 0.5) is 13.2 Å². The van der Waals surface area contributed by atoms with Gasteiger partial charge < -0.3 is 10.5 Å². The van der Waals surface area contributed by atoms with E-state index < -0.39 is 11.7 Å². The zero-order valence-electron chi connectivity index (χ0n) is 11.5. The maximum atomic E-state index is 12.6. The van der Waals surface area contributed by atoms with E-state index in [0.29, 0.717) is 18.3 Å². The normalized spacial score (nSPS) is 11.7. The van der Waals surface area contributed by atoms with Crippen molar-refractivity contribution in [1.29, 1.82) is 0 Å². The molecule has 1 aromatic rings. The Kier molecular flexibility index (Phi) is 5.80. The molecule has 0 heterocycles. The van der Waals surface area contributed by atoms with Crippen LogP contribution in [0.3, 0.4) is 0 Å². The van der Waals surface area contributed by atoms with Crippen molar-refractivity contribution in [1.82, 2.24) is 0 Å². The van der Waals surface area contributed by atoms with E-state index in [0.717, 1.165) is 25.0 Å². The van der Waals surface area contributed by atoms with Gasteiger partial charge in [-0.1, -0.05) is 26.1 Å². The van der Waals surface area contributed by atoms with Crippen LogP contribution < -0.4 is 10.5 Å². The molecule has 0 amide bonds. The van der Waals surface area contributed by atoms with Crippen molar-refractivity contribution in [2.75, 3.05) is 6.61 Å². The van der Waals surface area contributed by atoms with E-state index in [4.69, 9.17) is 22.7 Å². The van der Waals surface area contributed by atoms with Gasteiger partial charge in [0.15, 0.2) is 0 Å². The second-order valence-corrected chi connectivity index (χ2v) is 5.40. The molecule has 1 rings (SSSR count). The smallest absolute Gasteiger partial charge is 0.416 e. The van der Waals surface area contributed by atoms with Crippen molar-refractivity contribution in [2.24, 2.45) is 11.7 Å². The summed E-state index contributed by atoms with van der Waals surface area (Å²) >= 11 is 4.78. The van der Waals surface area contributed by atoms with Crippen LogP contribution in [-0.4, -0.2) is 11.6 Å². The first-order chi connectivity index (χ1) is 9.21. The summed E-state index contributed by atoms with van der Waals surface area (Å²) in [6.07, 6.45) is -2.60. The Balaban J connectivity index is 2.83. The molecule has 2 N–H and O–H groups in total. The molecule has 0 atom stereocenters. The lowest BCUT2D eigenvalue weighted by atomic mass is 10.1. The molecule has 0 saturated heterocycles. The van der Waals surface area contributed by atoms with Gasteiger partial charge in [0, 0.05) is 0 Å². The minimum atomic E-state index is -4.42. The minimum absolute atomic E-state index is 0.102. The summed E-state index contributed by atoms with van der Waals surface area (Å²) in [4.78, 5) is -0.102. The number of hydrogen-bond donors (Lipinski definition) is 1. The van der Waals surface area contributed by atoms with Crippen molar-refractivity contribution in [3.8, 4) is 5.75 Å². The number of nitrogens with two attached hydrogens (primary N) is 1. The van der Waals surface area contributed by atoms with Gasteiger partial charge in [0.25, 0.3) is 0 Å². The lowest BCUT2D eigenvalue weighted by Crippen LogP contribution is -2.15. The summed E-state index contributed by atoms with van der Waals surface area (Å²) in [5, 5.41) is 0. The molecule has 6 heteroatoms. The van der Waals surface area contributed by atoms with Crippen LogP contribution in [-0.2, 0) is 6.18 Å². The van der Waals surface area contributed by atoms with Crippen molar-refractivity contribution in [2.45, 2.75) is 32.9 Å². The molecule has 0 bridgehead atoms. The molecule has 0 aliphatic heterocycles. The number of ether oxygens (including phenoxy) is 1. The predicted octanol–water partition coefficient (Wildman–Crippen LogP) is 4.15. The van der Waals surface area contributed by atoms with Gasteiger partial charge in [-0.25, -0.2) is 0 Å². The number of benzene rings is 1. The maximum Gasteiger partial charge on any atom is 0.416 e. The zero-order valence-corrected chi connectivity index (χ0v) is 12.3. The van der Waals surface area contributed by atoms with Crippen LogP contribution in [0.1, 0.15) is 37.8 Å². The van der Waals surface area contributed by atoms with Gasteiger partial charge in [0.2, 0.25) is 0 Å². The van der Waals surface area contributed by atoms with Gasteiger partial charge in [0.05, 0.1) is 17.7 Å². The summed E-state index contributed by atoms with van der Waals surface area (Å²) in [5.41, 5.74) is 4.81. The third-order valence-electron chi connectivity index (χ3n) is 2.76. The van der Waals surface area contributed by atoms with Crippen molar-refractivity contribution >= 4 is 17.2 Å². The van der Waals surface area contributed by atoms with E-state index in [1.807, 2.05) is 0 Å². The fourth-order valence-electron chi connectivity index (χ4n) is 1.70. The van der Waals surface area contributed by atoms with Crippen molar-refractivity contribution in [3.05, 3.63) is 29.3 Å². The Morgan fingerprint density at radius 3 is 2.50 bits per heavy atom. The van der Waals surface area contributed by atoms with E-state index in [1.54, 1.807) is 0 Å². The number of alkyl halides is 3. The van der Waals surface area contributed by atoms with Gasteiger partial charge >= 0.3 is 6.18 Å². The topological polar surface area (TPSA) is 35.2 Å². The predicted molar refractivity (Wildman–Crippen MR) is 76.9 cm³/mol. The number of hydrogen-bond acceptors (Lipinski definition) is 2. The molecular formula is C14H18F3NOS. The Labute approximate surface area is 122 Å². The first kappa shape index (κ1) is 16.8. The molecular weight excluding hydrogens is 287 g/mol. The SMILES string of the molecule is CC(C)CCCOc1ccc(C(F)(F)F)cc1C(N)=S. The van der Waals surface area contributed by atoms with Crippen LogP contribution in [0.5, 0.6) is 5.75 Å². The minimum Gasteiger partial charge on any atom is -0.493 e. The van der Waals surface area contributed by atoms with Gasteiger partial charge in [-0.05, 0) is 37.0 Å². The second kappa shape index (κ2) is 6.92.